The van der Waals surface area contributed by atoms with Gasteiger partial charge in [0.05, 0.1) is 0 Å². The van der Waals surface area contributed by atoms with E-state index in [1.54, 1.807) is 6.33 Å². The van der Waals surface area contributed by atoms with Crippen molar-refractivity contribution in [1.82, 2.24) is 15.2 Å². The van der Waals surface area contributed by atoms with Crippen molar-refractivity contribution >= 4 is 0 Å². The molecule has 0 bridgehead atoms. The van der Waals surface area contributed by atoms with Crippen molar-refractivity contribution in [2.75, 3.05) is 0 Å². The molecule has 1 heterocycles. The van der Waals surface area contributed by atoms with Gasteiger partial charge in [-0.1, -0.05) is 97.8 Å². The molecule has 0 fully saturated rings. The Morgan fingerprint density at radius 1 is 0.826 bits per heavy atom. The molecule has 0 amide bonds. The molecular weight excluding hydrogens is 282 g/mol. The number of H-pyrrole nitrogens is 1. The van der Waals surface area contributed by atoms with Crippen molar-refractivity contribution in [1.29, 1.82) is 0 Å². The Morgan fingerprint density at radius 3 is 1.78 bits per heavy atom. The molecule has 0 aliphatic heterocycles. The Bertz CT molecular complexity index is 361. The van der Waals surface area contributed by atoms with E-state index >= 15 is 0 Å². The van der Waals surface area contributed by atoms with E-state index in [2.05, 4.69) is 36.0 Å². The molecule has 0 aliphatic rings. The number of aromatic amines is 1. The summed E-state index contributed by atoms with van der Waals surface area (Å²) in [6, 6.07) is 0. The summed E-state index contributed by atoms with van der Waals surface area (Å²) in [5, 5.41) is 7.07. The molecule has 1 aromatic heterocycles. The number of unbranched alkanes of at least 4 members (excludes halogenated alkanes) is 11. The van der Waals surface area contributed by atoms with Gasteiger partial charge in [-0.2, -0.15) is 5.10 Å². The molecule has 0 saturated carbocycles. The number of hydrogen-bond donors (Lipinski definition) is 1. The number of aromatic nitrogens is 3. The zero-order chi connectivity index (χ0) is 16.8. The molecule has 1 unspecified atom stereocenters. The van der Waals surface area contributed by atoms with Gasteiger partial charge in [0, 0.05) is 5.41 Å². The normalized spacial score (nSPS) is 14.0. The Hall–Kier alpha value is -0.860. The highest BCUT2D eigenvalue weighted by Crippen LogP contribution is 2.30. The van der Waals surface area contributed by atoms with Crippen LogP contribution in [0.3, 0.4) is 0 Å². The Morgan fingerprint density at radius 2 is 1.35 bits per heavy atom. The molecule has 3 heteroatoms. The second-order valence-electron chi connectivity index (χ2n) is 7.39. The van der Waals surface area contributed by atoms with Crippen LogP contribution < -0.4 is 0 Å². The van der Waals surface area contributed by atoms with E-state index in [4.69, 9.17) is 0 Å². The third kappa shape index (κ3) is 8.53. The second-order valence-corrected chi connectivity index (χ2v) is 7.39. The van der Waals surface area contributed by atoms with Crippen LogP contribution >= 0.6 is 0 Å². The minimum atomic E-state index is 0.176. The lowest BCUT2D eigenvalue weighted by molar-refractivity contribution is 0.374. The lowest BCUT2D eigenvalue weighted by Gasteiger charge is -2.25. The molecular formula is C20H39N3. The van der Waals surface area contributed by atoms with Crippen LogP contribution in [0.1, 0.15) is 116 Å². The van der Waals surface area contributed by atoms with Crippen LogP contribution in [0, 0.1) is 0 Å². The Labute approximate surface area is 144 Å². The van der Waals surface area contributed by atoms with Gasteiger partial charge in [-0.15, -0.1) is 0 Å². The number of nitrogens with zero attached hydrogens (tertiary/aromatic N) is 2. The summed E-state index contributed by atoms with van der Waals surface area (Å²) in [6.45, 7) is 6.85. The molecule has 23 heavy (non-hydrogen) atoms. The molecule has 0 aromatic carbocycles. The Kier molecular flexibility index (Phi) is 11.0. The van der Waals surface area contributed by atoms with Gasteiger partial charge < -0.3 is 0 Å². The first kappa shape index (κ1) is 20.2. The SMILES string of the molecule is CCCCCCCCCCCCCCC(C)(CC)c1ncn[nH]1. The molecule has 1 N–H and O–H groups in total. The van der Waals surface area contributed by atoms with Crippen molar-refractivity contribution in [3.8, 4) is 0 Å². The first-order valence-corrected chi connectivity index (χ1v) is 10.1. The lowest BCUT2D eigenvalue weighted by atomic mass is 9.81. The Balaban J connectivity index is 1.95. The van der Waals surface area contributed by atoms with Crippen molar-refractivity contribution in [3.63, 3.8) is 0 Å². The van der Waals surface area contributed by atoms with Gasteiger partial charge in [-0.3, -0.25) is 5.10 Å². The van der Waals surface area contributed by atoms with E-state index < -0.39 is 0 Å². The predicted molar refractivity (Wildman–Crippen MR) is 99.7 cm³/mol. The van der Waals surface area contributed by atoms with Crippen LogP contribution in [-0.4, -0.2) is 15.2 Å². The summed E-state index contributed by atoms with van der Waals surface area (Å²) in [5.41, 5.74) is 0.176. The van der Waals surface area contributed by atoms with Crippen molar-refractivity contribution < 1.29 is 0 Å². The fraction of sp³-hybridized carbons (Fsp3) is 0.900. The topological polar surface area (TPSA) is 41.6 Å². The zero-order valence-corrected chi connectivity index (χ0v) is 15.9. The molecule has 1 aromatic rings. The highest BCUT2D eigenvalue weighted by Gasteiger charge is 2.26. The quantitative estimate of drug-likeness (QED) is 0.371. The van der Waals surface area contributed by atoms with Gasteiger partial charge in [-0.05, 0) is 12.8 Å². The van der Waals surface area contributed by atoms with Crippen molar-refractivity contribution in [2.24, 2.45) is 0 Å². The number of hydrogen-bond acceptors (Lipinski definition) is 2. The largest absolute Gasteiger partial charge is 0.263 e. The van der Waals surface area contributed by atoms with Gasteiger partial charge in [-0.25, -0.2) is 4.98 Å². The predicted octanol–water partition coefficient (Wildman–Crippen LogP) is 6.56. The van der Waals surface area contributed by atoms with Crippen LogP contribution in [-0.2, 0) is 5.41 Å². The first-order valence-electron chi connectivity index (χ1n) is 10.1. The van der Waals surface area contributed by atoms with E-state index in [0.717, 1.165) is 12.2 Å². The van der Waals surface area contributed by atoms with Gasteiger partial charge >= 0.3 is 0 Å². The maximum atomic E-state index is 4.37. The monoisotopic (exact) mass is 321 g/mol. The van der Waals surface area contributed by atoms with E-state index in [1.165, 1.54) is 83.5 Å². The minimum absolute atomic E-state index is 0.176. The van der Waals surface area contributed by atoms with Gasteiger partial charge in [0.2, 0.25) is 0 Å². The van der Waals surface area contributed by atoms with Gasteiger partial charge in [0.15, 0.2) is 0 Å². The molecule has 0 aliphatic carbocycles. The number of nitrogens with one attached hydrogen (secondary N) is 1. The van der Waals surface area contributed by atoms with E-state index in [-0.39, 0.29) is 5.41 Å². The molecule has 134 valence electrons. The maximum Gasteiger partial charge on any atom is 0.137 e. The molecule has 3 nitrogen and oxygen atoms in total. The van der Waals surface area contributed by atoms with Crippen molar-refractivity contribution in [2.45, 2.75) is 116 Å². The summed E-state index contributed by atoms with van der Waals surface area (Å²) < 4.78 is 0. The van der Waals surface area contributed by atoms with Gasteiger partial charge in [0.1, 0.15) is 12.2 Å². The number of rotatable bonds is 15. The minimum Gasteiger partial charge on any atom is -0.263 e. The third-order valence-electron chi connectivity index (χ3n) is 5.35. The summed E-state index contributed by atoms with van der Waals surface area (Å²) in [4.78, 5) is 4.37. The van der Waals surface area contributed by atoms with Crippen LogP contribution in [0.5, 0.6) is 0 Å². The standard InChI is InChI=1S/C20H39N3/c1-4-6-7-8-9-10-11-12-13-14-15-16-17-20(3,5-2)19-21-18-22-23-19/h18H,4-17H2,1-3H3,(H,21,22,23). The smallest absolute Gasteiger partial charge is 0.137 e. The maximum absolute atomic E-state index is 4.37. The van der Waals surface area contributed by atoms with E-state index in [0.29, 0.717) is 0 Å². The first-order chi connectivity index (χ1) is 11.2. The second kappa shape index (κ2) is 12.5. The molecule has 0 spiro atoms. The molecule has 1 atom stereocenters. The molecule has 1 rings (SSSR count). The van der Waals surface area contributed by atoms with Crippen LogP contribution in [0.2, 0.25) is 0 Å². The average molecular weight is 322 g/mol. The van der Waals surface area contributed by atoms with E-state index in [9.17, 15) is 0 Å². The molecule has 0 saturated heterocycles. The summed E-state index contributed by atoms with van der Waals surface area (Å²) >= 11 is 0. The highest BCUT2D eigenvalue weighted by molar-refractivity contribution is 5.02. The summed E-state index contributed by atoms with van der Waals surface area (Å²) in [6.07, 6.45) is 20.9. The van der Waals surface area contributed by atoms with Crippen molar-refractivity contribution in [3.05, 3.63) is 12.2 Å². The molecule has 0 radical (unpaired) electrons. The lowest BCUT2D eigenvalue weighted by Crippen LogP contribution is -2.22. The van der Waals surface area contributed by atoms with E-state index in [1.807, 2.05) is 0 Å². The third-order valence-corrected chi connectivity index (χ3v) is 5.35. The van der Waals surface area contributed by atoms with Gasteiger partial charge in [0.25, 0.3) is 0 Å². The fourth-order valence-electron chi connectivity index (χ4n) is 3.32. The zero-order valence-electron chi connectivity index (χ0n) is 15.9. The summed E-state index contributed by atoms with van der Waals surface area (Å²) in [5.74, 6) is 1.06. The van der Waals surface area contributed by atoms with Crippen LogP contribution in [0.25, 0.3) is 0 Å². The van der Waals surface area contributed by atoms with Crippen LogP contribution in [0.15, 0.2) is 6.33 Å². The fourth-order valence-corrected chi connectivity index (χ4v) is 3.32. The average Bonchev–Trinajstić information content (AvgIpc) is 3.11. The van der Waals surface area contributed by atoms with Crippen LogP contribution in [0.4, 0.5) is 0 Å². The highest BCUT2D eigenvalue weighted by atomic mass is 15.2. The summed E-state index contributed by atoms with van der Waals surface area (Å²) in [7, 11) is 0.